The minimum atomic E-state index is 0.00392. The SMILES string of the molecule is O=C(c1ccn[nH]1)N(CCN1CCCC1)Cc1cccc2[nH]ccc12. The van der Waals surface area contributed by atoms with Gasteiger partial charge in [-0.2, -0.15) is 5.10 Å². The van der Waals surface area contributed by atoms with Crippen LogP contribution in [0.5, 0.6) is 0 Å². The zero-order valence-electron chi connectivity index (χ0n) is 14.2. The number of carbonyl (C=O) groups excluding carboxylic acids is 1. The maximum atomic E-state index is 12.9. The summed E-state index contributed by atoms with van der Waals surface area (Å²) in [6.45, 7) is 4.52. The Morgan fingerprint density at radius 1 is 1.20 bits per heavy atom. The molecular weight excluding hydrogens is 314 g/mol. The maximum absolute atomic E-state index is 12.9. The summed E-state index contributed by atoms with van der Waals surface area (Å²) in [5.41, 5.74) is 2.81. The number of carbonyl (C=O) groups is 1. The van der Waals surface area contributed by atoms with Gasteiger partial charge in [-0.15, -0.1) is 0 Å². The molecule has 4 rings (SSSR count). The van der Waals surface area contributed by atoms with E-state index in [9.17, 15) is 4.79 Å². The lowest BCUT2D eigenvalue weighted by Gasteiger charge is -2.25. The van der Waals surface area contributed by atoms with Crippen LogP contribution in [-0.4, -0.2) is 57.1 Å². The van der Waals surface area contributed by atoms with E-state index in [0.29, 0.717) is 12.2 Å². The number of nitrogens with one attached hydrogen (secondary N) is 2. The predicted octanol–water partition coefficient (Wildman–Crippen LogP) is 2.63. The minimum Gasteiger partial charge on any atom is -0.361 e. The topological polar surface area (TPSA) is 68.0 Å². The van der Waals surface area contributed by atoms with Gasteiger partial charge in [0.25, 0.3) is 5.91 Å². The number of nitrogens with zero attached hydrogens (tertiary/aromatic N) is 3. The quantitative estimate of drug-likeness (QED) is 0.726. The Balaban J connectivity index is 1.55. The lowest BCUT2D eigenvalue weighted by Crippen LogP contribution is -2.37. The van der Waals surface area contributed by atoms with E-state index in [4.69, 9.17) is 0 Å². The fourth-order valence-electron chi connectivity index (χ4n) is 3.56. The van der Waals surface area contributed by atoms with Gasteiger partial charge in [-0.3, -0.25) is 9.89 Å². The normalized spacial score (nSPS) is 15.0. The minimum absolute atomic E-state index is 0.00392. The van der Waals surface area contributed by atoms with Crippen molar-refractivity contribution < 1.29 is 4.79 Å². The highest BCUT2D eigenvalue weighted by Crippen LogP contribution is 2.20. The van der Waals surface area contributed by atoms with Gasteiger partial charge in [-0.25, -0.2) is 0 Å². The second-order valence-electron chi connectivity index (χ2n) is 6.60. The molecule has 1 saturated heterocycles. The maximum Gasteiger partial charge on any atom is 0.272 e. The van der Waals surface area contributed by atoms with Crippen LogP contribution in [0.1, 0.15) is 28.9 Å². The monoisotopic (exact) mass is 337 g/mol. The van der Waals surface area contributed by atoms with Gasteiger partial charge in [0.15, 0.2) is 0 Å². The Bertz CT molecular complexity index is 833. The van der Waals surface area contributed by atoms with E-state index >= 15 is 0 Å². The summed E-state index contributed by atoms with van der Waals surface area (Å²) in [5.74, 6) is 0.00392. The first-order valence-electron chi connectivity index (χ1n) is 8.87. The summed E-state index contributed by atoms with van der Waals surface area (Å²) in [4.78, 5) is 20.5. The Kier molecular flexibility index (Phi) is 4.52. The molecule has 0 unspecified atom stereocenters. The summed E-state index contributed by atoms with van der Waals surface area (Å²) < 4.78 is 0. The Labute approximate surface area is 146 Å². The van der Waals surface area contributed by atoms with Crippen LogP contribution in [0.3, 0.4) is 0 Å². The van der Waals surface area contributed by atoms with Gasteiger partial charge < -0.3 is 14.8 Å². The number of fused-ring (bicyclic) bond motifs is 1. The number of likely N-dealkylation sites (tertiary alicyclic amines) is 1. The zero-order valence-corrected chi connectivity index (χ0v) is 14.2. The van der Waals surface area contributed by atoms with Crippen molar-refractivity contribution in [2.75, 3.05) is 26.2 Å². The number of amides is 1. The van der Waals surface area contributed by atoms with Crippen molar-refractivity contribution in [1.82, 2.24) is 25.0 Å². The summed E-state index contributed by atoms with van der Waals surface area (Å²) in [6.07, 6.45) is 6.09. The molecule has 3 aromatic rings. The molecule has 0 radical (unpaired) electrons. The van der Waals surface area contributed by atoms with Crippen LogP contribution < -0.4 is 0 Å². The predicted molar refractivity (Wildman–Crippen MR) is 97.3 cm³/mol. The van der Waals surface area contributed by atoms with Crippen LogP contribution in [0.25, 0.3) is 10.9 Å². The van der Waals surface area contributed by atoms with Crippen molar-refractivity contribution in [3.05, 3.63) is 54.0 Å². The van der Waals surface area contributed by atoms with Crippen LogP contribution >= 0.6 is 0 Å². The molecule has 2 aromatic heterocycles. The van der Waals surface area contributed by atoms with E-state index in [-0.39, 0.29) is 5.91 Å². The van der Waals surface area contributed by atoms with Gasteiger partial charge in [-0.1, -0.05) is 12.1 Å². The van der Waals surface area contributed by atoms with E-state index in [1.54, 1.807) is 12.3 Å². The Morgan fingerprint density at radius 3 is 2.88 bits per heavy atom. The first kappa shape index (κ1) is 15.9. The van der Waals surface area contributed by atoms with Crippen molar-refractivity contribution in [3.8, 4) is 0 Å². The molecule has 0 aliphatic carbocycles. The highest BCUT2D eigenvalue weighted by molar-refractivity contribution is 5.92. The fraction of sp³-hybridized carbons (Fsp3) is 0.368. The van der Waals surface area contributed by atoms with Gasteiger partial charge in [0.2, 0.25) is 0 Å². The number of H-pyrrole nitrogens is 2. The highest BCUT2D eigenvalue weighted by Gasteiger charge is 2.20. The molecule has 130 valence electrons. The second-order valence-corrected chi connectivity index (χ2v) is 6.60. The van der Waals surface area contributed by atoms with Crippen LogP contribution in [0.15, 0.2) is 42.7 Å². The van der Waals surface area contributed by atoms with Crippen molar-refractivity contribution in [2.45, 2.75) is 19.4 Å². The summed E-state index contributed by atoms with van der Waals surface area (Å²) in [5, 5.41) is 7.90. The lowest BCUT2D eigenvalue weighted by atomic mass is 10.1. The number of aromatic amines is 2. The number of hydrogen-bond donors (Lipinski definition) is 2. The van der Waals surface area contributed by atoms with Crippen molar-refractivity contribution in [1.29, 1.82) is 0 Å². The van der Waals surface area contributed by atoms with Crippen LogP contribution in [-0.2, 0) is 6.54 Å². The third-order valence-electron chi connectivity index (χ3n) is 4.95. The third-order valence-corrected chi connectivity index (χ3v) is 4.95. The average molecular weight is 337 g/mol. The Hall–Kier alpha value is -2.60. The zero-order chi connectivity index (χ0) is 17.1. The van der Waals surface area contributed by atoms with Gasteiger partial charge in [0, 0.05) is 42.9 Å². The molecule has 1 aliphatic rings. The molecule has 0 atom stereocenters. The molecule has 0 saturated carbocycles. The van der Waals surface area contributed by atoms with Gasteiger partial charge in [0.1, 0.15) is 5.69 Å². The fourth-order valence-corrected chi connectivity index (χ4v) is 3.56. The molecule has 3 heterocycles. The average Bonchev–Trinajstić information content (AvgIpc) is 3.40. The molecule has 1 amide bonds. The van der Waals surface area contributed by atoms with Gasteiger partial charge in [0.05, 0.1) is 0 Å². The van der Waals surface area contributed by atoms with Crippen molar-refractivity contribution in [2.24, 2.45) is 0 Å². The number of aromatic nitrogens is 3. The smallest absolute Gasteiger partial charge is 0.272 e. The summed E-state index contributed by atoms with van der Waals surface area (Å²) >= 11 is 0. The van der Waals surface area contributed by atoms with Crippen LogP contribution in [0, 0.1) is 0 Å². The van der Waals surface area contributed by atoms with Crippen molar-refractivity contribution in [3.63, 3.8) is 0 Å². The molecule has 25 heavy (non-hydrogen) atoms. The second kappa shape index (κ2) is 7.11. The van der Waals surface area contributed by atoms with Crippen LogP contribution in [0.2, 0.25) is 0 Å². The Morgan fingerprint density at radius 2 is 2.08 bits per heavy atom. The standard InChI is InChI=1S/C19H23N5O/c25-19(18-7-9-21-22-18)24(13-12-23-10-1-2-11-23)14-15-4-3-5-17-16(15)6-8-20-17/h3-9,20H,1-2,10-14H2,(H,21,22). The molecule has 1 aromatic carbocycles. The molecule has 6 heteroatoms. The van der Waals surface area contributed by atoms with E-state index in [2.05, 4.69) is 38.3 Å². The van der Waals surface area contributed by atoms with Gasteiger partial charge in [-0.05, 0) is 49.7 Å². The summed E-state index contributed by atoms with van der Waals surface area (Å²) in [7, 11) is 0. The molecule has 1 fully saturated rings. The molecule has 0 bridgehead atoms. The lowest BCUT2D eigenvalue weighted by molar-refractivity contribution is 0.0722. The molecule has 6 nitrogen and oxygen atoms in total. The first-order valence-corrected chi connectivity index (χ1v) is 8.87. The van der Waals surface area contributed by atoms with Crippen molar-refractivity contribution >= 4 is 16.8 Å². The highest BCUT2D eigenvalue weighted by atomic mass is 16.2. The van der Waals surface area contributed by atoms with E-state index in [1.165, 1.54) is 18.2 Å². The van der Waals surface area contributed by atoms with E-state index < -0.39 is 0 Å². The molecule has 1 aliphatic heterocycles. The van der Waals surface area contributed by atoms with E-state index in [1.807, 2.05) is 17.2 Å². The van der Waals surface area contributed by atoms with Crippen LogP contribution in [0.4, 0.5) is 0 Å². The number of benzene rings is 1. The molecule has 0 spiro atoms. The third kappa shape index (κ3) is 3.44. The number of hydrogen-bond acceptors (Lipinski definition) is 3. The van der Waals surface area contributed by atoms with E-state index in [0.717, 1.165) is 37.3 Å². The first-order chi connectivity index (χ1) is 12.3. The number of rotatable bonds is 6. The molecule has 2 N–H and O–H groups in total. The largest absolute Gasteiger partial charge is 0.361 e. The molecular formula is C19H23N5O. The van der Waals surface area contributed by atoms with Gasteiger partial charge >= 0.3 is 0 Å². The summed E-state index contributed by atoms with van der Waals surface area (Å²) in [6, 6.07) is 10.0.